The lowest BCUT2D eigenvalue weighted by Crippen LogP contribution is -2.21. The van der Waals surface area contributed by atoms with Gasteiger partial charge in [0, 0.05) is 17.8 Å². The van der Waals surface area contributed by atoms with Crippen LogP contribution >= 0.6 is 35.3 Å². The standard InChI is InChI=1S/C13H9ClFN7O2S.ClH/c14-10-5-21-9(4-18-20-12(16)17)11(19-13(21)25-10)6-1-2-7(15)8(3-6)22(23)24;/h1-5H,(H4,16,17,20);1H/b18-4+;. The van der Waals surface area contributed by atoms with Gasteiger partial charge in [0.25, 0.3) is 0 Å². The molecule has 0 atom stereocenters. The summed E-state index contributed by atoms with van der Waals surface area (Å²) >= 11 is 7.17. The number of halogens is 3. The fourth-order valence-corrected chi connectivity index (χ4v) is 3.15. The van der Waals surface area contributed by atoms with E-state index in [0.29, 0.717) is 26.2 Å². The average Bonchev–Trinajstić information content (AvgIpc) is 3.04. The van der Waals surface area contributed by atoms with Gasteiger partial charge in [-0.3, -0.25) is 14.5 Å². The van der Waals surface area contributed by atoms with Crippen molar-refractivity contribution in [2.75, 3.05) is 0 Å². The third-order valence-corrected chi connectivity index (χ3v) is 4.20. The van der Waals surface area contributed by atoms with E-state index in [2.05, 4.69) is 15.2 Å². The Kier molecular flexibility index (Phi) is 5.75. The van der Waals surface area contributed by atoms with Crippen LogP contribution in [0.15, 0.2) is 34.6 Å². The summed E-state index contributed by atoms with van der Waals surface area (Å²) < 4.78 is 15.7. The van der Waals surface area contributed by atoms with Gasteiger partial charge in [-0.15, -0.1) is 17.5 Å². The first-order chi connectivity index (χ1) is 11.9. The smallest absolute Gasteiger partial charge is 0.305 e. The first-order valence-corrected chi connectivity index (χ1v) is 7.80. The molecule has 3 rings (SSSR count). The largest absolute Gasteiger partial charge is 0.369 e. The monoisotopic (exact) mass is 417 g/mol. The van der Waals surface area contributed by atoms with Gasteiger partial charge in [0.05, 0.1) is 22.5 Å². The average molecular weight is 418 g/mol. The van der Waals surface area contributed by atoms with Gasteiger partial charge in [-0.05, 0) is 12.1 Å². The zero-order valence-corrected chi connectivity index (χ0v) is 15.1. The van der Waals surface area contributed by atoms with Crippen molar-refractivity contribution in [3.63, 3.8) is 0 Å². The summed E-state index contributed by atoms with van der Waals surface area (Å²) in [5.41, 5.74) is 10.9. The number of thiazole rings is 1. The first kappa shape index (κ1) is 19.6. The summed E-state index contributed by atoms with van der Waals surface area (Å²) in [5.74, 6) is -1.17. The van der Waals surface area contributed by atoms with Crippen LogP contribution in [0.25, 0.3) is 16.2 Å². The summed E-state index contributed by atoms with van der Waals surface area (Å²) in [7, 11) is 0. The number of fused-ring (bicyclic) bond motifs is 1. The van der Waals surface area contributed by atoms with Crippen molar-refractivity contribution in [2.24, 2.45) is 21.7 Å². The van der Waals surface area contributed by atoms with Crippen molar-refractivity contribution < 1.29 is 9.31 Å². The highest BCUT2D eigenvalue weighted by Crippen LogP contribution is 2.32. The molecule has 0 bridgehead atoms. The molecule has 0 fully saturated rings. The van der Waals surface area contributed by atoms with Gasteiger partial charge in [-0.25, -0.2) is 4.98 Å². The van der Waals surface area contributed by atoms with E-state index in [1.165, 1.54) is 23.6 Å². The van der Waals surface area contributed by atoms with E-state index < -0.39 is 16.4 Å². The van der Waals surface area contributed by atoms with Crippen molar-refractivity contribution in [2.45, 2.75) is 0 Å². The highest BCUT2D eigenvalue weighted by Gasteiger charge is 2.20. The quantitative estimate of drug-likeness (QED) is 0.291. The fourth-order valence-electron chi connectivity index (χ4n) is 2.12. The topological polar surface area (TPSA) is 137 Å². The molecule has 0 radical (unpaired) electrons. The summed E-state index contributed by atoms with van der Waals surface area (Å²) in [6, 6.07) is 3.49. The number of nitro benzene ring substituents is 1. The summed E-state index contributed by atoms with van der Waals surface area (Å²) in [6.07, 6.45) is 2.93. The van der Waals surface area contributed by atoms with Crippen molar-refractivity contribution >= 4 is 58.2 Å². The summed E-state index contributed by atoms with van der Waals surface area (Å²) in [5, 5.41) is 18.2. The van der Waals surface area contributed by atoms with Crippen LogP contribution in [0, 0.1) is 15.9 Å². The van der Waals surface area contributed by atoms with Gasteiger partial charge in [-0.1, -0.05) is 22.9 Å². The maximum absolute atomic E-state index is 13.6. The minimum atomic E-state index is -0.937. The maximum Gasteiger partial charge on any atom is 0.305 e. The molecule has 0 amide bonds. The molecular formula is C13H10Cl2FN7O2S. The van der Waals surface area contributed by atoms with Gasteiger partial charge >= 0.3 is 5.69 Å². The Morgan fingerprint density at radius 1 is 1.46 bits per heavy atom. The lowest BCUT2D eigenvalue weighted by Gasteiger charge is -2.01. The second-order valence-corrected chi connectivity index (χ2v) is 6.37. The molecule has 0 saturated heterocycles. The number of nitro groups is 1. The van der Waals surface area contributed by atoms with E-state index in [4.69, 9.17) is 23.1 Å². The van der Waals surface area contributed by atoms with E-state index in [1.807, 2.05) is 0 Å². The lowest BCUT2D eigenvalue weighted by atomic mass is 10.1. The lowest BCUT2D eigenvalue weighted by molar-refractivity contribution is -0.387. The minimum absolute atomic E-state index is 0. The Bertz CT molecular complexity index is 1040. The van der Waals surface area contributed by atoms with Crippen molar-refractivity contribution in [3.05, 3.63) is 50.4 Å². The second-order valence-electron chi connectivity index (χ2n) is 4.73. The van der Waals surface area contributed by atoms with Gasteiger partial charge in [0.2, 0.25) is 11.8 Å². The van der Waals surface area contributed by atoms with E-state index >= 15 is 0 Å². The third kappa shape index (κ3) is 3.74. The molecule has 13 heteroatoms. The van der Waals surface area contributed by atoms with E-state index in [-0.39, 0.29) is 18.4 Å². The highest BCUT2D eigenvalue weighted by molar-refractivity contribution is 7.20. The van der Waals surface area contributed by atoms with Gasteiger partial charge in [0.1, 0.15) is 4.34 Å². The van der Waals surface area contributed by atoms with Gasteiger partial charge in [-0.2, -0.15) is 9.49 Å². The molecule has 26 heavy (non-hydrogen) atoms. The molecule has 1 aromatic carbocycles. The number of hydrogen-bond acceptors (Lipinski definition) is 6. The van der Waals surface area contributed by atoms with Crippen molar-refractivity contribution in [3.8, 4) is 11.3 Å². The Hall–Kier alpha value is -2.76. The Morgan fingerprint density at radius 3 is 2.85 bits per heavy atom. The second kappa shape index (κ2) is 7.64. The molecule has 0 saturated carbocycles. The highest BCUT2D eigenvalue weighted by atomic mass is 35.5. The number of guanidine groups is 1. The molecule has 0 aliphatic heterocycles. The molecular weight excluding hydrogens is 408 g/mol. The fraction of sp³-hybridized carbons (Fsp3) is 0. The van der Waals surface area contributed by atoms with Crippen LogP contribution in [0.4, 0.5) is 10.1 Å². The number of hydrogen-bond donors (Lipinski definition) is 2. The number of aromatic nitrogens is 2. The van der Waals surface area contributed by atoms with E-state index in [9.17, 15) is 14.5 Å². The number of rotatable bonds is 4. The van der Waals surface area contributed by atoms with Crippen LogP contribution < -0.4 is 11.5 Å². The molecule has 0 spiro atoms. The van der Waals surface area contributed by atoms with Crippen LogP contribution in [0.1, 0.15) is 5.69 Å². The zero-order valence-electron chi connectivity index (χ0n) is 12.7. The number of benzene rings is 1. The normalized spacial score (nSPS) is 10.8. The van der Waals surface area contributed by atoms with Crippen LogP contribution in [0.2, 0.25) is 4.34 Å². The van der Waals surface area contributed by atoms with Crippen LogP contribution in [-0.2, 0) is 0 Å². The molecule has 2 aromatic heterocycles. The van der Waals surface area contributed by atoms with E-state index in [0.717, 1.165) is 12.1 Å². The number of imidazole rings is 1. The Morgan fingerprint density at radius 2 is 2.19 bits per heavy atom. The van der Waals surface area contributed by atoms with Crippen molar-refractivity contribution in [1.29, 1.82) is 0 Å². The minimum Gasteiger partial charge on any atom is -0.369 e. The molecule has 136 valence electrons. The van der Waals surface area contributed by atoms with Gasteiger partial charge in [0.15, 0.2) is 4.96 Å². The van der Waals surface area contributed by atoms with Gasteiger partial charge < -0.3 is 11.5 Å². The third-order valence-electron chi connectivity index (χ3n) is 3.10. The van der Waals surface area contributed by atoms with Crippen LogP contribution in [0.3, 0.4) is 0 Å². The molecule has 0 unspecified atom stereocenters. The Labute approximate surface area is 160 Å². The number of nitrogens with zero attached hydrogens (tertiary/aromatic N) is 5. The molecule has 3 aromatic rings. The predicted octanol–water partition coefficient (Wildman–Crippen LogP) is 2.79. The van der Waals surface area contributed by atoms with Crippen molar-refractivity contribution in [1.82, 2.24) is 9.38 Å². The maximum atomic E-state index is 13.6. The predicted molar refractivity (Wildman–Crippen MR) is 101 cm³/mol. The first-order valence-electron chi connectivity index (χ1n) is 6.60. The molecule has 4 N–H and O–H groups in total. The van der Waals surface area contributed by atoms with Crippen LogP contribution in [0.5, 0.6) is 0 Å². The SMILES string of the molecule is Cl.NC(N)=N/N=C/c1c(-c2ccc(F)c([N+](=O)[O-])c2)nc2sc(Cl)cn12. The summed E-state index contributed by atoms with van der Waals surface area (Å²) in [4.78, 5) is 15.1. The van der Waals surface area contributed by atoms with E-state index in [1.54, 1.807) is 10.6 Å². The Balaban J connectivity index is 0.00000243. The molecule has 2 heterocycles. The number of nitrogens with two attached hydrogens (primary N) is 2. The zero-order chi connectivity index (χ0) is 18.1. The summed E-state index contributed by atoms with van der Waals surface area (Å²) in [6.45, 7) is 0. The van der Waals surface area contributed by atoms with Crippen LogP contribution in [-0.4, -0.2) is 26.5 Å². The molecule has 0 aliphatic carbocycles. The molecule has 0 aliphatic rings. The molecule has 9 nitrogen and oxygen atoms in total.